The van der Waals surface area contributed by atoms with Crippen LogP contribution in [0.3, 0.4) is 0 Å². The average Bonchev–Trinajstić information content (AvgIpc) is 2.15. The summed E-state index contributed by atoms with van der Waals surface area (Å²) in [6.07, 6.45) is -1.09. The van der Waals surface area contributed by atoms with Gasteiger partial charge in [-0.2, -0.15) is 0 Å². The first-order valence-electron chi connectivity index (χ1n) is 4.65. The Kier molecular flexibility index (Phi) is 6.81. The van der Waals surface area contributed by atoms with Gasteiger partial charge >= 0.3 is 5.97 Å². The number of carboxylic acids is 1. The van der Waals surface area contributed by atoms with Gasteiger partial charge in [-0.05, 0) is 13.3 Å². The Balaban J connectivity index is 4.04. The van der Waals surface area contributed by atoms with Crippen molar-refractivity contribution in [2.24, 2.45) is 5.73 Å². The summed E-state index contributed by atoms with van der Waals surface area (Å²) in [4.78, 5) is 21.5. The number of carboxylic acid groups (broad SMARTS) is 1. The van der Waals surface area contributed by atoms with Crippen molar-refractivity contribution in [3.05, 3.63) is 0 Å². The van der Waals surface area contributed by atoms with Crippen molar-refractivity contribution in [3.8, 4) is 0 Å². The Labute approximate surface area is 87.4 Å². The quantitative estimate of drug-likeness (QED) is 0.567. The van der Waals surface area contributed by atoms with Crippen LogP contribution >= 0.6 is 0 Å². The van der Waals surface area contributed by atoms with Gasteiger partial charge in [0, 0.05) is 6.42 Å². The predicted octanol–water partition coefficient (Wildman–Crippen LogP) is 0.122. The van der Waals surface area contributed by atoms with Crippen molar-refractivity contribution in [2.45, 2.75) is 31.9 Å². The molecular formula is C9H16FNO4. The lowest BCUT2D eigenvalue weighted by Gasteiger charge is -2.16. The molecule has 0 aromatic carbocycles. The Morgan fingerprint density at radius 2 is 2.13 bits per heavy atom. The molecular weight excluding hydrogens is 204 g/mol. The number of ketones is 1. The third kappa shape index (κ3) is 6.14. The largest absolute Gasteiger partial charge is 0.479 e. The van der Waals surface area contributed by atoms with Gasteiger partial charge in [0.1, 0.15) is 5.78 Å². The van der Waals surface area contributed by atoms with Gasteiger partial charge in [0.05, 0.1) is 19.3 Å². The maximum atomic E-state index is 11.7. The second-order valence-electron chi connectivity index (χ2n) is 3.19. The highest BCUT2D eigenvalue weighted by Crippen LogP contribution is 2.04. The summed E-state index contributed by atoms with van der Waals surface area (Å²) in [6.45, 7) is 0.730. The number of aliphatic carboxylic acids is 1. The highest BCUT2D eigenvalue weighted by atomic mass is 18.2. The molecule has 88 valence electrons. The lowest BCUT2D eigenvalue weighted by molar-refractivity contribution is -0.151. The first-order chi connectivity index (χ1) is 6.99. The molecule has 0 bridgehead atoms. The highest BCUT2D eigenvalue weighted by Gasteiger charge is 2.23. The third-order valence-corrected chi connectivity index (χ3v) is 1.86. The van der Waals surface area contributed by atoms with Crippen LogP contribution in [0.5, 0.6) is 0 Å². The Morgan fingerprint density at radius 3 is 2.53 bits per heavy atom. The van der Waals surface area contributed by atoms with Gasteiger partial charge in [0.15, 0.2) is 6.10 Å². The summed E-state index contributed by atoms with van der Waals surface area (Å²) in [7, 11) is 0. The SMILES string of the molecule is CC(=O)C(N)CC(OCCC[18F])C(=O)O. The molecule has 15 heavy (non-hydrogen) atoms. The zero-order chi connectivity index (χ0) is 11.8. The number of halogens is 1. The fourth-order valence-electron chi connectivity index (χ4n) is 0.917. The summed E-state index contributed by atoms with van der Waals surface area (Å²) in [5.74, 6) is -1.49. The number of ether oxygens (including phenoxy) is 1. The molecule has 0 radical (unpaired) electrons. The van der Waals surface area contributed by atoms with Crippen LogP contribution in [-0.2, 0) is 14.3 Å². The van der Waals surface area contributed by atoms with Crippen molar-refractivity contribution in [1.29, 1.82) is 0 Å². The molecule has 0 aliphatic carbocycles. The van der Waals surface area contributed by atoms with Crippen LogP contribution in [0.4, 0.5) is 4.39 Å². The fourth-order valence-corrected chi connectivity index (χ4v) is 0.917. The van der Waals surface area contributed by atoms with Crippen LogP contribution in [0.2, 0.25) is 0 Å². The van der Waals surface area contributed by atoms with Crippen LogP contribution in [0.15, 0.2) is 0 Å². The number of carbonyl (C=O) groups is 2. The Hall–Kier alpha value is -1.01. The van der Waals surface area contributed by atoms with E-state index >= 15 is 0 Å². The molecule has 2 unspecified atom stereocenters. The smallest absolute Gasteiger partial charge is 0.332 e. The maximum Gasteiger partial charge on any atom is 0.332 e. The van der Waals surface area contributed by atoms with E-state index in [-0.39, 0.29) is 25.2 Å². The lowest BCUT2D eigenvalue weighted by Crippen LogP contribution is -2.37. The van der Waals surface area contributed by atoms with Gasteiger partial charge in [0.25, 0.3) is 0 Å². The number of alkyl halides is 1. The van der Waals surface area contributed by atoms with Crippen molar-refractivity contribution in [1.82, 2.24) is 0 Å². The molecule has 0 heterocycles. The standard InChI is InChI=1S/C9H16FNO4/c1-6(12)7(11)5-8(9(13)14)15-4-2-3-10/h7-8H,2-5,11H2,1H3,(H,13,14)/i10-1. The molecule has 0 saturated heterocycles. The van der Waals surface area contributed by atoms with Crippen molar-refractivity contribution in [3.63, 3.8) is 0 Å². The van der Waals surface area contributed by atoms with Crippen LogP contribution in [0, 0.1) is 0 Å². The van der Waals surface area contributed by atoms with Gasteiger partial charge in [-0.3, -0.25) is 9.18 Å². The van der Waals surface area contributed by atoms with Crippen molar-refractivity contribution >= 4 is 11.8 Å². The summed E-state index contributed by atoms with van der Waals surface area (Å²) in [5.41, 5.74) is 5.39. The van der Waals surface area contributed by atoms with E-state index in [1.807, 2.05) is 0 Å². The van der Waals surface area contributed by atoms with E-state index in [9.17, 15) is 14.0 Å². The molecule has 0 amide bonds. The van der Waals surface area contributed by atoms with Crippen LogP contribution < -0.4 is 5.73 Å². The molecule has 6 heteroatoms. The van der Waals surface area contributed by atoms with Gasteiger partial charge in [0.2, 0.25) is 0 Å². The van der Waals surface area contributed by atoms with Crippen LogP contribution in [0.1, 0.15) is 19.8 Å². The van der Waals surface area contributed by atoms with Gasteiger partial charge in [-0.15, -0.1) is 0 Å². The number of hydrogen-bond acceptors (Lipinski definition) is 4. The van der Waals surface area contributed by atoms with Crippen molar-refractivity contribution < 1.29 is 23.8 Å². The van der Waals surface area contributed by atoms with E-state index < -0.39 is 24.8 Å². The molecule has 2 atom stereocenters. The minimum absolute atomic E-state index is 0.0120. The van der Waals surface area contributed by atoms with E-state index in [0.717, 1.165) is 0 Å². The molecule has 0 rings (SSSR count). The highest BCUT2D eigenvalue weighted by molar-refractivity contribution is 5.82. The molecule has 0 aliphatic rings. The van der Waals surface area contributed by atoms with Gasteiger partial charge in [-0.1, -0.05) is 0 Å². The first-order valence-corrected chi connectivity index (χ1v) is 4.65. The molecule has 0 aromatic heterocycles. The molecule has 0 aliphatic heterocycles. The topological polar surface area (TPSA) is 89.6 Å². The summed E-state index contributed by atoms with van der Waals surface area (Å²) in [6, 6.07) is -0.850. The van der Waals surface area contributed by atoms with E-state index in [4.69, 9.17) is 15.6 Å². The second-order valence-corrected chi connectivity index (χ2v) is 3.19. The third-order valence-electron chi connectivity index (χ3n) is 1.86. The summed E-state index contributed by atoms with van der Waals surface area (Å²) < 4.78 is 16.6. The van der Waals surface area contributed by atoms with E-state index in [2.05, 4.69) is 0 Å². The minimum atomic E-state index is -1.19. The van der Waals surface area contributed by atoms with Crippen LogP contribution in [0.25, 0.3) is 0 Å². The number of hydrogen-bond donors (Lipinski definition) is 2. The maximum absolute atomic E-state index is 11.7. The Morgan fingerprint density at radius 1 is 1.53 bits per heavy atom. The summed E-state index contributed by atoms with van der Waals surface area (Å²) in [5, 5.41) is 8.72. The zero-order valence-corrected chi connectivity index (χ0v) is 8.61. The van der Waals surface area contributed by atoms with E-state index in [0.29, 0.717) is 0 Å². The molecule has 3 N–H and O–H groups in total. The number of nitrogens with two attached hydrogens (primary N) is 1. The Bertz CT molecular complexity index is 222. The van der Waals surface area contributed by atoms with E-state index in [1.165, 1.54) is 6.92 Å². The predicted molar refractivity (Wildman–Crippen MR) is 51.2 cm³/mol. The lowest BCUT2D eigenvalue weighted by atomic mass is 10.1. The minimum Gasteiger partial charge on any atom is -0.479 e. The summed E-state index contributed by atoms with van der Waals surface area (Å²) >= 11 is 0. The van der Waals surface area contributed by atoms with Crippen LogP contribution in [-0.4, -0.2) is 42.3 Å². The molecule has 5 nitrogen and oxygen atoms in total. The van der Waals surface area contributed by atoms with Gasteiger partial charge in [-0.25, -0.2) is 4.79 Å². The zero-order valence-electron chi connectivity index (χ0n) is 8.61. The normalized spacial score (nSPS) is 14.6. The average molecular weight is 220 g/mol. The van der Waals surface area contributed by atoms with E-state index in [1.54, 1.807) is 0 Å². The van der Waals surface area contributed by atoms with Gasteiger partial charge < -0.3 is 15.6 Å². The fraction of sp³-hybridized carbons (Fsp3) is 0.778. The monoisotopic (exact) mass is 220 g/mol. The first kappa shape index (κ1) is 14.0. The number of carbonyl (C=O) groups excluding carboxylic acids is 1. The second kappa shape index (κ2) is 7.30. The molecule has 0 fully saturated rings. The number of rotatable bonds is 8. The molecule has 0 aromatic rings. The van der Waals surface area contributed by atoms with Crippen molar-refractivity contribution in [2.75, 3.05) is 13.3 Å². The molecule has 0 spiro atoms. The number of Topliss-reactive ketones (excluding diaryl/α,β-unsaturated/α-hetero) is 1. The molecule has 0 saturated carbocycles.